The van der Waals surface area contributed by atoms with Gasteiger partial charge in [-0.1, -0.05) is 44.3 Å². The van der Waals surface area contributed by atoms with Crippen molar-refractivity contribution in [2.75, 3.05) is 0 Å². The van der Waals surface area contributed by atoms with Crippen molar-refractivity contribution in [3.63, 3.8) is 0 Å². The van der Waals surface area contributed by atoms with E-state index in [9.17, 15) is 0 Å². The van der Waals surface area contributed by atoms with Gasteiger partial charge in [0.25, 0.3) is 0 Å². The first-order chi connectivity index (χ1) is 9.86. The smallest absolute Gasteiger partial charge is 1.00 e. The molecular formula is C19H26Cl2HfSi. The first-order valence-electron chi connectivity index (χ1n) is 8.31. The molecule has 0 N–H and O–H groups in total. The van der Waals surface area contributed by atoms with E-state index in [1.165, 1.54) is 31.7 Å². The molecule has 4 aliphatic rings. The summed E-state index contributed by atoms with van der Waals surface area (Å²) in [6.45, 7) is 2.45. The molecule has 1 saturated carbocycles. The van der Waals surface area contributed by atoms with E-state index in [0.717, 1.165) is 12.3 Å². The van der Waals surface area contributed by atoms with E-state index >= 15 is 0 Å². The Morgan fingerprint density at radius 3 is 2.48 bits per heavy atom. The Hall–Kier alpha value is 0.497. The summed E-state index contributed by atoms with van der Waals surface area (Å²) in [6, 6.07) is 4.72. The van der Waals surface area contributed by atoms with Crippen LogP contribution in [0.2, 0.25) is 18.1 Å². The summed E-state index contributed by atoms with van der Waals surface area (Å²) in [5, 5.41) is 0. The molecule has 0 radical (unpaired) electrons. The predicted molar refractivity (Wildman–Crippen MR) is 89.8 cm³/mol. The average molecular weight is 532 g/mol. The van der Waals surface area contributed by atoms with Crippen LogP contribution in [0.1, 0.15) is 39.0 Å². The van der Waals surface area contributed by atoms with E-state index in [0.29, 0.717) is 0 Å². The molecule has 0 nitrogen and oxygen atoms in total. The zero-order chi connectivity index (χ0) is 13.8. The van der Waals surface area contributed by atoms with Crippen LogP contribution in [0.25, 0.3) is 0 Å². The van der Waals surface area contributed by atoms with Crippen molar-refractivity contribution >= 4 is 8.07 Å². The van der Waals surface area contributed by atoms with Gasteiger partial charge >= 0.3 is 25.8 Å². The Balaban J connectivity index is 0.000000529. The molecule has 0 aromatic rings. The van der Waals surface area contributed by atoms with E-state index in [1.54, 1.807) is 17.7 Å². The Morgan fingerprint density at radius 2 is 2.00 bits per heavy atom. The van der Waals surface area contributed by atoms with Gasteiger partial charge in [-0.15, -0.1) is 18.6 Å². The van der Waals surface area contributed by atoms with Gasteiger partial charge in [-0.3, -0.25) is 6.08 Å². The maximum Gasteiger partial charge on any atom is 4.00 e. The second-order valence-electron chi connectivity index (χ2n) is 6.49. The van der Waals surface area contributed by atoms with E-state index in [2.05, 4.69) is 37.3 Å². The Bertz CT molecular complexity index is 448. The molecule has 1 saturated heterocycles. The van der Waals surface area contributed by atoms with Crippen LogP contribution in [-0.2, 0) is 25.8 Å². The molecule has 4 heteroatoms. The van der Waals surface area contributed by atoms with E-state index in [1.807, 2.05) is 17.7 Å². The maximum absolute atomic E-state index is 2.99. The molecule has 0 spiro atoms. The molecule has 1 atom stereocenters. The number of rotatable bonds is 2. The standard InChI is InChI=1S/C14H21Si.C5H5.2ClH.Hf/c1-2-15(10-5-11-15)14-9-8-12-6-3-4-7-13(12)14;1-2-4-5-3-1;;;/h3-4,7,12H,2,5-6,8-11H2,1H3;1-3H,4H2;2*1H;/q2*-1;;;+4/p-2. The zero-order valence-electron chi connectivity index (χ0n) is 14.0. The topological polar surface area (TPSA) is 0 Å². The molecule has 2 fully saturated rings. The third-order valence-electron chi connectivity index (χ3n) is 5.58. The largest absolute Gasteiger partial charge is 4.00 e. The van der Waals surface area contributed by atoms with Crippen LogP contribution in [0.15, 0.2) is 42.0 Å². The van der Waals surface area contributed by atoms with Crippen molar-refractivity contribution in [3.8, 4) is 0 Å². The predicted octanol–water partition coefficient (Wildman–Crippen LogP) is -0.420. The molecule has 23 heavy (non-hydrogen) atoms. The van der Waals surface area contributed by atoms with Crippen molar-refractivity contribution in [1.82, 2.24) is 0 Å². The minimum atomic E-state index is -0.877. The Kier molecular flexibility index (Phi) is 11.4. The number of halogens is 2. The van der Waals surface area contributed by atoms with Crippen molar-refractivity contribution < 1.29 is 50.7 Å². The van der Waals surface area contributed by atoms with Gasteiger partial charge in [0.1, 0.15) is 0 Å². The monoisotopic (exact) mass is 532 g/mol. The van der Waals surface area contributed by atoms with Gasteiger partial charge in [0.05, 0.1) is 0 Å². The number of hydrogen-bond acceptors (Lipinski definition) is 0. The summed E-state index contributed by atoms with van der Waals surface area (Å²) in [7, 11) is -0.877. The molecule has 0 aromatic heterocycles. The summed E-state index contributed by atoms with van der Waals surface area (Å²) < 4.78 is 0. The normalized spacial score (nSPS) is 24.8. The van der Waals surface area contributed by atoms with Crippen molar-refractivity contribution in [2.45, 2.75) is 57.2 Å². The van der Waals surface area contributed by atoms with Crippen molar-refractivity contribution in [3.05, 3.63) is 53.6 Å². The molecule has 1 heterocycles. The molecule has 0 aromatic carbocycles. The fraction of sp³-hybridized carbons (Fsp3) is 0.526. The quantitative estimate of drug-likeness (QED) is 0.336. The number of fused-ring (bicyclic) bond motifs is 1. The van der Waals surface area contributed by atoms with E-state index in [4.69, 9.17) is 0 Å². The molecule has 3 aliphatic carbocycles. The minimum Gasteiger partial charge on any atom is -1.00 e. The average Bonchev–Trinajstić information content (AvgIpc) is 3.11. The van der Waals surface area contributed by atoms with Gasteiger partial charge < -0.3 is 24.8 Å². The van der Waals surface area contributed by atoms with Crippen LogP contribution >= 0.6 is 0 Å². The third-order valence-corrected chi connectivity index (χ3v) is 11.4. The summed E-state index contributed by atoms with van der Waals surface area (Å²) in [5.41, 5.74) is 3.79. The van der Waals surface area contributed by atoms with Gasteiger partial charge in [0, 0.05) is 0 Å². The molecule has 124 valence electrons. The molecule has 1 aliphatic heterocycles. The first-order valence-corrected chi connectivity index (χ1v) is 10.9. The zero-order valence-corrected chi connectivity index (χ0v) is 20.1. The summed E-state index contributed by atoms with van der Waals surface area (Å²) >= 11 is 0. The van der Waals surface area contributed by atoms with Gasteiger partial charge in [0.2, 0.25) is 0 Å². The van der Waals surface area contributed by atoms with Crippen LogP contribution in [-0.4, -0.2) is 8.07 Å². The second kappa shape index (κ2) is 11.2. The molecule has 0 amide bonds. The summed E-state index contributed by atoms with van der Waals surface area (Å²) in [6.07, 6.45) is 22.9. The third kappa shape index (κ3) is 5.23. The molecule has 4 rings (SSSR count). The molecule has 1 unspecified atom stereocenters. The number of hydrogen-bond donors (Lipinski definition) is 0. The SMILES string of the molecule is CC[Si]1([C-]2CCC3CC=CC=C23)CCC1.[C-]1=CC=CC1.[Cl-].[Cl-].[Hf+4]. The van der Waals surface area contributed by atoms with E-state index in [-0.39, 0.29) is 50.7 Å². The Labute approximate surface area is 174 Å². The fourth-order valence-electron chi connectivity index (χ4n) is 4.14. The van der Waals surface area contributed by atoms with Crippen molar-refractivity contribution in [1.29, 1.82) is 0 Å². The van der Waals surface area contributed by atoms with Gasteiger partial charge in [-0.25, -0.2) is 29.3 Å². The van der Waals surface area contributed by atoms with Crippen LogP contribution < -0.4 is 24.8 Å². The summed E-state index contributed by atoms with van der Waals surface area (Å²) in [5.74, 6) is 0.918. The minimum absolute atomic E-state index is 0. The molecule has 0 bridgehead atoms. The van der Waals surface area contributed by atoms with Gasteiger partial charge in [-0.2, -0.15) is 6.08 Å². The van der Waals surface area contributed by atoms with Crippen LogP contribution in [0.4, 0.5) is 0 Å². The summed E-state index contributed by atoms with van der Waals surface area (Å²) in [4.78, 5) is 0. The Morgan fingerprint density at radius 1 is 1.22 bits per heavy atom. The van der Waals surface area contributed by atoms with E-state index < -0.39 is 8.07 Å². The van der Waals surface area contributed by atoms with Crippen LogP contribution in [0.3, 0.4) is 0 Å². The van der Waals surface area contributed by atoms with Gasteiger partial charge in [0.15, 0.2) is 0 Å². The van der Waals surface area contributed by atoms with Crippen LogP contribution in [0, 0.1) is 17.5 Å². The first kappa shape index (κ1) is 23.5. The fourth-order valence-corrected chi connectivity index (χ4v) is 8.66. The molecular weight excluding hydrogens is 506 g/mol. The maximum atomic E-state index is 2.99. The van der Waals surface area contributed by atoms with Crippen molar-refractivity contribution in [2.24, 2.45) is 5.92 Å². The van der Waals surface area contributed by atoms with Gasteiger partial charge in [-0.05, 0) is 20.4 Å². The number of allylic oxidation sites excluding steroid dienone is 8. The second-order valence-corrected chi connectivity index (χ2v) is 11.4. The van der Waals surface area contributed by atoms with Crippen LogP contribution in [0.5, 0.6) is 0 Å².